The Morgan fingerprint density at radius 2 is 1.82 bits per heavy atom. The molecule has 17 heavy (non-hydrogen) atoms. The minimum absolute atomic E-state index is 0.445. The summed E-state index contributed by atoms with van der Waals surface area (Å²) in [6.45, 7) is 14.1. The molecule has 0 saturated carbocycles. The molecule has 2 N–H and O–H groups in total. The van der Waals surface area contributed by atoms with Gasteiger partial charge in [0.1, 0.15) is 0 Å². The van der Waals surface area contributed by atoms with Crippen LogP contribution in [0.3, 0.4) is 0 Å². The highest BCUT2D eigenvalue weighted by Crippen LogP contribution is 2.33. The molecule has 1 heterocycles. The molecule has 0 unspecified atom stereocenters. The molecule has 0 spiro atoms. The minimum atomic E-state index is 0.445. The second kappa shape index (κ2) is 6.75. The van der Waals surface area contributed by atoms with Gasteiger partial charge in [0.05, 0.1) is 0 Å². The molecule has 0 aromatic heterocycles. The van der Waals surface area contributed by atoms with Gasteiger partial charge in [-0.1, -0.05) is 34.1 Å². The fourth-order valence-corrected chi connectivity index (χ4v) is 2.79. The van der Waals surface area contributed by atoms with Gasteiger partial charge in [-0.3, -0.25) is 0 Å². The number of piperidine rings is 1. The summed E-state index contributed by atoms with van der Waals surface area (Å²) in [7, 11) is 0. The molecule has 102 valence electrons. The SMILES string of the molecule is CCCC1(CNCC(C)(C)CC)CCNCC1. The van der Waals surface area contributed by atoms with Crippen molar-refractivity contribution in [3.8, 4) is 0 Å². The lowest BCUT2D eigenvalue weighted by molar-refractivity contribution is 0.167. The molecular weight excluding hydrogens is 208 g/mol. The Bertz CT molecular complexity index is 199. The summed E-state index contributed by atoms with van der Waals surface area (Å²) >= 11 is 0. The molecule has 0 radical (unpaired) electrons. The molecule has 0 amide bonds. The van der Waals surface area contributed by atoms with Crippen LogP contribution in [0, 0.1) is 10.8 Å². The third-order valence-corrected chi connectivity index (χ3v) is 4.51. The second-order valence-electron chi connectivity index (χ2n) is 6.62. The molecule has 0 aromatic carbocycles. The van der Waals surface area contributed by atoms with Crippen molar-refractivity contribution in [1.82, 2.24) is 10.6 Å². The van der Waals surface area contributed by atoms with Crippen LogP contribution in [0.1, 0.15) is 59.8 Å². The summed E-state index contributed by atoms with van der Waals surface area (Å²) in [4.78, 5) is 0. The standard InChI is InChI=1S/C15H32N2/c1-5-7-15(8-10-16-11-9-15)13-17-12-14(3,4)6-2/h16-17H,5-13H2,1-4H3. The molecule has 1 aliphatic rings. The number of nitrogens with one attached hydrogen (secondary N) is 2. The maximum absolute atomic E-state index is 3.74. The lowest BCUT2D eigenvalue weighted by atomic mass is 9.75. The molecule has 0 bridgehead atoms. The van der Waals surface area contributed by atoms with Crippen LogP contribution in [0.4, 0.5) is 0 Å². The van der Waals surface area contributed by atoms with Crippen molar-refractivity contribution in [3.05, 3.63) is 0 Å². The summed E-state index contributed by atoms with van der Waals surface area (Å²) in [6.07, 6.45) is 6.65. The molecule has 1 saturated heterocycles. The van der Waals surface area contributed by atoms with E-state index in [9.17, 15) is 0 Å². The Morgan fingerprint density at radius 3 is 2.35 bits per heavy atom. The maximum atomic E-state index is 3.74. The molecule has 1 fully saturated rings. The van der Waals surface area contributed by atoms with Crippen molar-refractivity contribution < 1.29 is 0 Å². The van der Waals surface area contributed by atoms with Gasteiger partial charge in [-0.15, -0.1) is 0 Å². The van der Waals surface area contributed by atoms with Gasteiger partial charge in [0.2, 0.25) is 0 Å². The minimum Gasteiger partial charge on any atom is -0.317 e. The molecule has 2 nitrogen and oxygen atoms in total. The average molecular weight is 240 g/mol. The lowest BCUT2D eigenvalue weighted by Gasteiger charge is -2.39. The predicted molar refractivity (Wildman–Crippen MR) is 76.4 cm³/mol. The fourth-order valence-electron chi connectivity index (χ4n) is 2.79. The van der Waals surface area contributed by atoms with Crippen molar-refractivity contribution in [2.24, 2.45) is 10.8 Å². The third kappa shape index (κ3) is 4.97. The zero-order valence-corrected chi connectivity index (χ0v) is 12.4. The fraction of sp³-hybridized carbons (Fsp3) is 1.00. The summed E-state index contributed by atoms with van der Waals surface area (Å²) in [5, 5.41) is 7.23. The zero-order chi connectivity index (χ0) is 12.8. The van der Waals surface area contributed by atoms with E-state index in [-0.39, 0.29) is 0 Å². The molecular formula is C15H32N2. The normalized spacial score (nSPS) is 20.5. The molecule has 0 atom stereocenters. The molecule has 2 heteroatoms. The summed E-state index contributed by atoms with van der Waals surface area (Å²) < 4.78 is 0. The van der Waals surface area contributed by atoms with E-state index in [1.807, 2.05) is 0 Å². The monoisotopic (exact) mass is 240 g/mol. The van der Waals surface area contributed by atoms with Crippen molar-refractivity contribution in [2.45, 2.75) is 59.8 Å². The third-order valence-electron chi connectivity index (χ3n) is 4.51. The van der Waals surface area contributed by atoms with E-state index >= 15 is 0 Å². The van der Waals surface area contributed by atoms with Crippen LogP contribution in [-0.4, -0.2) is 26.2 Å². The highest BCUT2D eigenvalue weighted by molar-refractivity contribution is 4.87. The van der Waals surface area contributed by atoms with E-state index in [0.717, 1.165) is 6.54 Å². The van der Waals surface area contributed by atoms with Gasteiger partial charge in [-0.05, 0) is 49.6 Å². The lowest BCUT2D eigenvalue weighted by Crippen LogP contribution is -2.44. The smallest absolute Gasteiger partial charge is 0.000899 e. The van der Waals surface area contributed by atoms with E-state index < -0.39 is 0 Å². The van der Waals surface area contributed by atoms with Crippen LogP contribution in [0.15, 0.2) is 0 Å². The number of rotatable bonds is 7. The predicted octanol–water partition coefficient (Wildman–Crippen LogP) is 3.18. The van der Waals surface area contributed by atoms with Crippen LogP contribution in [0.25, 0.3) is 0 Å². The van der Waals surface area contributed by atoms with Crippen molar-refractivity contribution in [2.75, 3.05) is 26.2 Å². The van der Waals surface area contributed by atoms with E-state index in [4.69, 9.17) is 0 Å². The van der Waals surface area contributed by atoms with Crippen LogP contribution in [0.5, 0.6) is 0 Å². The Morgan fingerprint density at radius 1 is 1.18 bits per heavy atom. The summed E-state index contributed by atoms with van der Waals surface area (Å²) in [6, 6.07) is 0. The van der Waals surface area contributed by atoms with Gasteiger partial charge in [0, 0.05) is 13.1 Å². The van der Waals surface area contributed by atoms with Gasteiger partial charge < -0.3 is 10.6 Å². The second-order valence-corrected chi connectivity index (χ2v) is 6.62. The first-order valence-corrected chi connectivity index (χ1v) is 7.45. The van der Waals surface area contributed by atoms with Gasteiger partial charge >= 0.3 is 0 Å². The van der Waals surface area contributed by atoms with Gasteiger partial charge in [0.15, 0.2) is 0 Å². The van der Waals surface area contributed by atoms with Crippen LogP contribution < -0.4 is 10.6 Å². The first-order valence-electron chi connectivity index (χ1n) is 7.45. The summed E-state index contributed by atoms with van der Waals surface area (Å²) in [5.74, 6) is 0. The van der Waals surface area contributed by atoms with E-state index in [0.29, 0.717) is 10.8 Å². The quantitative estimate of drug-likeness (QED) is 0.714. The number of hydrogen-bond acceptors (Lipinski definition) is 2. The van der Waals surface area contributed by atoms with Crippen LogP contribution >= 0.6 is 0 Å². The van der Waals surface area contributed by atoms with Crippen LogP contribution in [0.2, 0.25) is 0 Å². The van der Waals surface area contributed by atoms with Crippen molar-refractivity contribution in [3.63, 3.8) is 0 Å². The first-order chi connectivity index (χ1) is 8.04. The Hall–Kier alpha value is -0.0800. The molecule has 1 rings (SSSR count). The van der Waals surface area contributed by atoms with E-state index in [1.165, 1.54) is 51.7 Å². The van der Waals surface area contributed by atoms with Crippen LogP contribution in [-0.2, 0) is 0 Å². The Kier molecular flexibility index (Phi) is 5.94. The molecule has 0 aromatic rings. The van der Waals surface area contributed by atoms with Gasteiger partial charge in [0.25, 0.3) is 0 Å². The zero-order valence-electron chi connectivity index (χ0n) is 12.4. The molecule has 1 aliphatic heterocycles. The Balaban J connectivity index is 2.39. The van der Waals surface area contributed by atoms with Crippen molar-refractivity contribution >= 4 is 0 Å². The van der Waals surface area contributed by atoms with Gasteiger partial charge in [-0.2, -0.15) is 0 Å². The largest absolute Gasteiger partial charge is 0.317 e. The van der Waals surface area contributed by atoms with E-state index in [2.05, 4.69) is 38.3 Å². The Labute approximate surface area is 108 Å². The highest BCUT2D eigenvalue weighted by atomic mass is 14.9. The number of hydrogen-bond donors (Lipinski definition) is 2. The van der Waals surface area contributed by atoms with Gasteiger partial charge in [-0.25, -0.2) is 0 Å². The first kappa shape index (κ1) is 15.0. The average Bonchev–Trinajstić information content (AvgIpc) is 2.30. The molecule has 0 aliphatic carbocycles. The summed E-state index contributed by atoms with van der Waals surface area (Å²) in [5.41, 5.74) is 1.02. The highest BCUT2D eigenvalue weighted by Gasteiger charge is 2.31. The topological polar surface area (TPSA) is 24.1 Å². The van der Waals surface area contributed by atoms with Crippen molar-refractivity contribution in [1.29, 1.82) is 0 Å². The van der Waals surface area contributed by atoms with E-state index in [1.54, 1.807) is 0 Å². The maximum Gasteiger partial charge on any atom is 0.000899 e.